The zero-order chi connectivity index (χ0) is 21.2. The Kier molecular flexibility index (Phi) is 6.79. The second-order valence-electron chi connectivity index (χ2n) is 9.53. The predicted molar refractivity (Wildman–Crippen MR) is 120 cm³/mol. The van der Waals surface area contributed by atoms with Crippen LogP contribution in [0.1, 0.15) is 72.3 Å². The third kappa shape index (κ3) is 4.72. The first-order chi connectivity index (χ1) is 13.7. The zero-order valence-electron chi connectivity index (χ0n) is 18.8. The topological polar surface area (TPSA) is 49.6 Å². The molecule has 1 aliphatic heterocycles. The Bertz CT molecular complexity index is 771. The Labute approximate surface area is 175 Å². The molecule has 1 aromatic rings. The number of anilines is 1. The Hall–Kier alpha value is -1.72. The highest BCUT2D eigenvalue weighted by Gasteiger charge is 2.48. The summed E-state index contributed by atoms with van der Waals surface area (Å²) in [5.41, 5.74) is 2.55. The van der Waals surface area contributed by atoms with Gasteiger partial charge in [0, 0.05) is 31.4 Å². The van der Waals surface area contributed by atoms with E-state index >= 15 is 0 Å². The number of benzene rings is 1. The van der Waals surface area contributed by atoms with Crippen molar-refractivity contribution < 1.29 is 4.76 Å². The van der Waals surface area contributed by atoms with Crippen molar-refractivity contribution in [3.63, 3.8) is 0 Å². The minimum absolute atomic E-state index is 0.477. The molecule has 2 atom stereocenters. The largest absolute Gasteiger partial charge is 0.753 e. The maximum atomic E-state index is 12.6. The van der Waals surface area contributed by atoms with E-state index in [-0.39, 0.29) is 0 Å². The number of hydroxylamine groups is 1. The summed E-state index contributed by atoms with van der Waals surface area (Å²) in [6, 6.07) is 5.71. The van der Waals surface area contributed by atoms with Crippen LogP contribution in [-0.2, 0) is 6.54 Å². The van der Waals surface area contributed by atoms with Crippen LogP contribution < -0.4 is 5.06 Å². The van der Waals surface area contributed by atoms with Gasteiger partial charge in [-0.3, -0.25) is 4.90 Å². The lowest BCUT2D eigenvalue weighted by molar-refractivity contribution is -0.532. The molecule has 0 spiro atoms. The molecule has 1 heterocycles. The monoisotopic (exact) mass is 399 g/mol. The van der Waals surface area contributed by atoms with Crippen molar-refractivity contribution in [3.05, 3.63) is 45.5 Å². The van der Waals surface area contributed by atoms with E-state index in [9.17, 15) is 10.1 Å². The highest BCUT2D eigenvalue weighted by molar-refractivity contribution is 5.68. The van der Waals surface area contributed by atoms with Crippen LogP contribution in [0.5, 0.6) is 0 Å². The van der Waals surface area contributed by atoms with Crippen LogP contribution in [-0.4, -0.2) is 28.4 Å². The predicted octanol–water partition coefficient (Wildman–Crippen LogP) is 6.14. The van der Waals surface area contributed by atoms with Gasteiger partial charge in [0.15, 0.2) is 0 Å². The normalized spacial score (nSPS) is 22.0. The fourth-order valence-corrected chi connectivity index (χ4v) is 4.64. The molecule has 5 heteroatoms. The number of hydrogen-bond acceptors (Lipinski definition) is 4. The van der Waals surface area contributed by atoms with Gasteiger partial charge in [-0.2, -0.15) is 0 Å². The zero-order valence-corrected chi connectivity index (χ0v) is 18.8. The van der Waals surface area contributed by atoms with Crippen molar-refractivity contribution in [2.45, 2.75) is 78.9 Å². The average molecular weight is 400 g/mol. The van der Waals surface area contributed by atoms with E-state index in [2.05, 4.69) is 31.7 Å². The molecule has 0 saturated heterocycles. The lowest BCUT2D eigenvalue weighted by atomic mass is 9.80. The van der Waals surface area contributed by atoms with Crippen LogP contribution in [0.3, 0.4) is 0 Å². The Morgan fingerprint density at radius 2 is 2.10 bits per heavy atom. The molecule has 0 fully saturated rings. The first kappa shape index (κ1) is 22.0. The van der Waals surface area contributed by atoms with Crippen LogP contribution in [0.2, 0.25) is 0 Å². The maximum absolute atomic E-state index is 12.6. The number of nitroso groups, excluding NO2 is 1. The molecule has 160 valence electrons. The molecule has 0 bridgehead atoms. The highest BCUT2D eigenvalue weighted by Crippen LogP contribution is 2.43. The van der Waals surface area contributed by atoms with Crippen LogP contribution >= 0.6 is 0 Å². The minimum atomic E-state index is -1.08. The van der Waals surface area contributed by atoms with Crippen molar-refractivity contribution in [3.8, 4) is 0 Å². The summed E-state index contributed by atoms with van der Waals surface area (Å²) in [5.74, 6) is 1.53. The first-order valence-electron chi connectivity index (χ1n) is 11.2. The molecule has 0 aromatic heterocycles. The SMILES string of the molecule is CCCN(CCC(C)C1CC=C(C)CC1)Cc1ccc2c(c1)N([O-])C(C)(C)[N+]2=O. The molecule has 29 heavy (non-hydrogen) atoms. The molecule has 0 N–H and O–H groups in total. The average Bonchev–Trinajstić information content (AvgIpc) is 2.87. The summed E-state index contributed by atoms with van der Waals surface area (Å²) >= 11 is 0. The second kappa shape index (κ2) is 8.97. The third-order valence-electron chi connectivity index (χ3n) is 6.80. The van der Waals surface area contributed by atoms with E-state index in [1.807, 2.05) is 12.1 Å². The fraction of sp³-hybridized carbons (Fsp3) is 0.667. The van der Waals surface area contributed by atoms with E-state index in [0.717, 1.165) is 53.3 Å². The van der Waals surface area contributed by atoms with Crippen LogP contribution in [0.25, 0.3) is 0 Å². The van der Waals surface area contributed by atoms with Gasteiger partial charge < -0.3 is 10.3 Å². The highest BCUT2D eigenvalue weighted by atomic mass is 16.5. The van der Waals surface area contributed by atoms with Crippen LogP contribution in [0.4, 0.5) is 11.4 Å². The van der Waals surface area contributed by atoms with Gasteiger partial charge in [0.1, 0.15) is 5.69 Å². The summed E-state index contributed by atoms with van der Waals surface area (Å²) in [4.78, 5) is 14.9. The van der Waals surface area contributed by atoms with Crippen LogP contribution in [0.15, 0.2) is 29.8 Å². The van der Waals surface area contributed by atoms with Gasteiger partial charge >= 0.3 is 0 Å². The molecular weight excluding hydrogens is 362 g/mol. The number of fused-ring (bicyclic) bond motifs is 1. The van der Waals surface area contributed by atoms with E-state index in [4.69, 9.17) is 0 Å². The molecule has 0 amide bonds. The van der Waals surface area contributed by atoms with Gasteiger partial charge in [-0.05, 0) is 75.6 Å². The van der Waals surface area contributed by atoms with Gasteiger partial charge in [-0.15, -0.1) is 0 Å². The lowest BCUT2D eigenvalue weighted by Crippen LogP contribution is -2.41. The second-order valence-corrected chi connectivity index (χ2v) is 9.53. The molecular formula is C24H37N3O2. The van der Waals surface area contributed by atoms with Crippen molar-refractivity contribution in [1.82, 2.24) is 4.90 Å². The summed E-state index contributed by atoms with van der Waals surface area (Å²) in [5, 5.41) is 13.4. The molecule has 1 aromatic carbocycles. The van der Waals surface area contributed by atoms with E-state index in [1.165, 1.54) is 25.7 Å². The van der Waals surface area contributed by atoms with Crippen molar-refractivity contribution >= 4 is 11.4 Å². The number of nitrogens with zero attached hydrogens (tertiary/aromatic N) is 3. The maximum Gasteiger partial charge on any atom is 0.281 e. The third-order valence-corrected chi connectivity index (χ3v) is 6.80. The summed E-state index contributed by atoms with van der Waals surface area (Å²) < 4.78 is 0.824. The smallest absolute Gasteiger partial charge is 0.281 e. The van der Waals surface area contributed by atoms with E-state index in [1.54, 1.807) is 25.5 Å². The lowest BCUT2D eigenvalue weighted by Gasteiger charge is -2.31. The summed E-state index contributed by atoms with van der Waals surface area (Å²) in [6.45, 7) is 13.1. The standard InChI is InChI=1S/C24H37N3O2/c1-6-14-25(15-13-19(3)21-10-7-18(2)8-11-21)17-20-9-12-22-23(16-20)27(29)24(4,5)26(22)28/h7,9,12,16,19,21H,6,8,10-11,13-15,17H2,1-5H3. The molecule has 0 saturated carbocycles. The summed E-state index contributed by atoms with van der Waals surface area (Å²) in [6.07, 6.45) is 8.54. The van der Waals surface area contributed by atoms with Gasteiger partial charge in [0.25, 0.3) is 11.4 Å². The van der Waals surface area contributed by atoms with Crippen molar-refractivity contribution in [2.24, 2.45) is 11.8 Å². The molecule has 3 rings (SSSR count). The Balaban J connectivity index is 1.63. The van der Waals surface area contributed by atoms with Gasteiger partial charge in [-0.1, -0.05) is 31.6 Å². The fourth-order valence-electron chi connectivity index (χ4n) is 4.64. The first-order valence-corrected chi connectivity index (χ1v) is 11.2. The van der Waals surface area contributed by atoms with Gasteiger partial charge in [-0.25, -0.2) is 0 Å². The molecule has 1 aliphatic carbocycles. The molecule has 5 nitrogen and oxygen atoms in total. The molecule has 2 aliphatic rings. The molecule has 0 radical (unpaired) electrons. The number of allylic oxidation sites excluding steroid dienone is 2. The quantitative estimate of drug-likeness (QED) is 0.389. The molecule has 2 unspecified atom stereocenters. The number of hydrogen-bond donors (Lipinski definition) is 0. The minimum Gasteiger partial charge on any atom is -0.753 e. The Morgan fingerprint density at radius 3 is 2.76 bits per heavy atom. The van der Waals surface area contributed by atoms with E-state index < -0.39 is 5.66 Å². The van der Waals surface area contributed by atoms with Crippen molar-refractivity contribution in [1.29, 1.82) is 0 Å². The van der Waals surface area contributed by atoms with Crippen molar-refractivity contribution in [2.75, 3.05) is 18.2 Å². The summed E-state index contributed by atoms with van der Waals surface area (Å²) in [7, 11) is 0. The number of rotatable bonds is 8. The van der Waals surface area contributed by atoms with E-state index in [0.29, 0.717) is 11.4 Å². The van der Waals surface area contributed by atoms with Gasteiger partial charge in [0.2, 0.25) is 0 Å². The van der Waals surface area contributed by atoms with Gasteiger partial charge in [0.05, 0.1) is 4.76 Å². The Morgan fingerprint density at radius 1 is 1.34 bits per heavy atom. The van der Waals surface area contributed by atoms with Crippen LogP contribution in [0, 0.1) is 22.0 Å².